The van der Waals surface area contributed by atoms with E-state index in [0.717, 1.165) is 24.3 Å². The van der Waals surface area contributed by atoms with Gasteiger partial charge in [-0.3, -0.25) is 4.72 Å². The molecule has 0 saturated carbocycles. The summed E-state index contributed by atoms with van der Waals surface area (Å²) < 4.78 is 114. The Balaban J connectivity index is 1.73. The van der Waals surface area contributed by atoms with Gasteiger partial charge in [0.1, 0.15) is 15.5 Å². The molecule has 0 aliphatic carbocycles. The van der Waals surface area contributed by atoms with E-state index in [0.29, 0.717) is 32.0 Å². The summed E-state index contributed by atoms with van der Waals surface area (Å²) in [5.74, 6) is -0.701. The Morgan fingerprint density at radius 1 is 0.830 bits per heavy atom. The fraction of sp³-hybridized carbons (Fsp3) is 0.312. The SMILES string of the molecule is CC(C)N(C(C)C)S(=O)(=O)c1cc(N=Nc2ccc(N3CCOCC3)c(S(N)(=O)=O)c2)c2c(NS(=O)(=O)c3cccc(S(=O)(=O)Cl)c3)cccc2c1O. The van der Waals surface area contributed by atoms with Crippen molar-refractivity contribution in [2.24, 2.45) is 15.4 Å². The van der Waals surface area contributed by atoms with Gasteiger partial charge >= 0.3 is 0 Å². The maximum absolute atomic E-state index is 14.1. The molecule has 1 aliphatic heterocycles. The van der Waals surface area contributed by atoms with Gasteiger partial charge in [-0.2, -0.15) is 9.42 Å². The van der Waals surface area contributed by atoms with Gasteiger partial charge in [-0.25, -0.2) is 38.8 Å². The third-order valence-corrected chi connectivity index (χ3v) is 14.1. The zero-order chi connectivity index (χ0) is 39.1. The second-order valence-corrected chi connectivity index (χ2v) is 20.1. The number of phenolic OH excluding ortho intramolecular Hbond substituents is 1. The number of primary sulfonamides is 1. The predicted molar refractivity (Wildman–Crippen MR) is 200 cm³/mol. The molecule has 0 atom stereocenters. The molecule has 0 amide bonds. The van der Waals surface area contributed by atoms with Crippen molar-refractivity contribution in [1.29, 1.82) is 0 Å². The summed E-state index contributed by atoms with van der Waals surface area (Å²) in [4.78, 5) is 0.0623. The van der Waals surface area contributed by atoms with Crippen molar-refractivity contribution in [2.75, 3.05) is 35.9 Å². The van der Waals surface area contributed by atoms with Gasteiger partial charge in [0.2, 0.25) is 20.0 Å². The number of azo groups is 1. The molecule has 286 valence electrons. The molecule has 1 aliphatic rings. The number of rotatable bonds is 12. The average Bonchev–Trinajstić information content (AvgIpc) is 3.07. The minimum Gasteiger partial charge on any atom is -0.506 e. The first-order valence-corrected chi connectivity index (χ1v) is 22.7. The number of sulfonamides is 3. The first kappa shape index (κ1) is 40.3. The highest BCUT2D eigenvalue weighted by atomic mass is 35.7. The van der Waals surface area contributed by atoms with E-state index in [9.17, 15) is 38.8 Å². The number of benzene rings is 4. The molecule has 1 fully saturated rings. The van der Waals surface area contributed by atoms with Crippen LogP contribution in [0.3, 0.4) is 0 Å². The molecule has 4 aromatic carbocycles. The summed E-state index contributed by atoms with van der Waals surface area (Å²) in [5, 5.41) is 25.4. The smallest absolute Gasteiger partial charge is 0.261 e. The van der Waals surface area contributed by atoms with Crippen LogP contribution in [0.25, 0.3) is 10.8 Å². The fourth-order valence-electron chi connectivity index (χ4n) is 6.02. The predicted octanol–water partition coefficient (Wildman–Crippen LogP) is 4.98. The highest BCUT2D eigenvalue weighted by Gasteiger charge is 2.34. The van der Waals surface area contributed by atoms with Gasteiger partial charge in [0.05, 0.1) is 45.8 Å². The number of anilines is 2. The minimum atomic E-state index is -4.54. The largest absolute Gasteiger partial charge is 0.506 e. The molecule has 1 heterocycles. The van der Waals surface area contributed by atoms with Crippen molar-refractivity contribution < 1.29 is 43.5 Å². The zero-order valence-electron chi connectivity index (χ0n) is 28.8. The average molecular weight is 829 g/mol. The molecule has 5 rings (SSSR count). The van der Waals surface area contributed by atoms with Crippen molar-refractivity contribution in [2.45, 2.75) is 59.4 Å². The van der Waals surface area contributed by atoms with E-state index in [1.807, 2.05) is 0 Å². The van der Waals surface area contributed by atoms with Gasteiger partial charge in [-0.15, -0.1) is 5.11 Å². The van der Waals surface area contributed by atoms with Gasteiger partial charge < -0.3 is 14.7 Å². The minimum absolute atomic E-state index is 0.000172. The standard InChI is InChI=1S/C32H37ClN6O10S4/c1-20(2)39(21(3)4)53(47,48)30-19-27(36-35-22-11-12-28(29(17-22)51(34,43)44)38-13-15-49-16-14-38)31-25(32(30)40)9-6-10-26(31)37-52(45,46)24-8-5-7-23(18-24)50(33,41)42/h5-12,17-21,37,40H,13-16H2,1-4H3,(H2,34,43,44). The quantitative estimate of drug-likeness (QED) is 0.127. The van der Waals surface area contributed by atoms with Crippen molar-refractivity contribution in [3.05, 3.63) is 66.7 Å². The molecule has 0 radical (unpaired) electrons. The first-order chi connectivity index (χ1) is 24.6. The Labute approximate surface area is 312 Å². The van der Waals surface area contributed by atoms with Crippen LogP contribution < -0.4 is 14.8 Å². The summed E-state index contributed by atoms with van der Waals surface area (Å²) in [5.41, 5.74) is -0.0934. The van der Waals surface area contributed by atoms with Gasteiger partial charge in [-0.1, -0.05) is 18.2 Å². The monoisotopic (exact) mass is 828 g/mol. The van der Waals surface area contributed by atoms with E-state index < -0.39 is 71.6 Å². The number of nitrogens with zero attached hydrogens (tertiary/aromatic N) is 4. The molecule has 0 aromatic heterocycles. The number of hydrogen-bond acceptors (Lipinski definition) is 13. The number of nitrogens with two attached hydrogens (primary N) is 1. The molecule has 4 aromatic rings. The molecular formula is C32H37ClN6O10S4. The maximum Gasteiger partial charge on any atom is 0.261 e. The van der Waals surface area contributed by atoms with Gasteiger partial charge in [0, 0.05) is 46.6 Å². The zero-order valence-corrected chi connectivity index (χ0v) is 32.9. The lowest BCUT2D eigenvalue weighted by Crippen LogP contribution is -2.41. The molecule has 16 nitrogen and oxygen atoms in total. The number of ether oxygens (including phenoxy) is 1. The van der Waals surface area contributed by atoms with E-state index in [-0.39, 0.29) is 32.7 Å². The summed E-state index contributed by atoms with van der Waals surface area (Å²) in [7, 11) is -12.1. The Morgan fingerprint density at radius 3 is 2.06 bits per heavy atom. The van der Waals surface area contributed by atoms with Crippen molar-refractivity contribution in [3.63, 3.8) is 0 Å². The maximum atomic E-state index is 14.1. The number of halogens is 1. The van der Waals surface area contributed by atoms with Gasteiger partial charge in [0.15, 0.2) is 0 Å². The van der Waals surface area contributed by atoms with E-state index in [4.69, 9.17) is 20.6 Å². The highest BCUT2D eigenvalue weighted by molar-refractivity contribution is 8.13. The molecule has 21 heteroatoms. The van der Waals surface area contributed by atoms with E-state index >= 15 is 0 Å². The van der Waals surface area contributed by atoms with Crippen LogP contribution in [0.5, 0.6) is 5.75 Å². The Hall–Kier alpha value is -3.89. The van der Waals surface area contributed by atoms with Crippen LogP contribution in [0.1, 0.15) is 27.7 Å². The summed E-state index contributed by atoms with van der Waals surface area (Å²) in [6.07, 6.45) is 0. The van der Waals surface area contributed by atoms with Crippen LogP contribution in [-0.4, -0.2) is 81.5 Å². The fourth-order valence-corrected chi connectivity index (χ4v) is 10.7. The molecular weight excluding hydrogens is 792 g/mol. The Morgan fingerprint density at radius 2 is 1.45 bits per heavy atom. The molecule has 0 bridgehead atoms. The van der Waals surface area contributed by atoms with Crippen LogP contribution in [-0.2, 0) is 43.9 Å². The Bertz CT molecular complexity index is 2530. The summed E-state index contributed by atoms with van der Waals surface area (Å²) in [6, 6.07) is 12.5. The normalized spacial score (nSPS) is 14.9. The van der Waals surface area contributed by atoms with Crippen LogP contribution in [0, 0.1) is 0 Å². The van der Waals surface area contributed by atoms with Crippen molar-refractivity contribution in [1.82, 2.24) is 4.31 Å². The first-order valence-electron chi connectivity index (χ1n) is 15.9. The van der Waals surface area contributed by atoms with E-state index in [1.165, 1.54) is 46.8 Å². The van der Waals surface area contributed by atoms with Gasteiger partial charge in [-0.05, 0) is 76.2 Å². The summed E-state index contributed by atoms with van der Waals surface area (Å²) in [6.45, 7) is 8.23. The number of hydrogen-bond donors (Lipinski definition) is 3. The molecule has 53 heavy (non-hydrogen) atoms. The molecule has 0 unspecified atom stereocenters. The number of phenols is 1. The van der Waals surface area contributed by atoms with Crippen LogP contribution in [0.4, 0.5) is 22.7 Å². The number of nitrogens with one attached hydrogen (secondary N) is 1. The Kier molecular flexibility index (Phi) is 11.5. The number of morpholine rings is 1. The van der Waals surface area contributed by atoms with Crippen LogP contribution in [0.15, 0.2) is 96.5 Å². The molecule has 0 spiro atoms. The molecule has 4 N–H and O–H groups in total. The molecule has 1 saturated heterocycles. The van der Waals surface area contributed by atoms with Crippen molar-refractivity contribution >= 4 is 83.3 Å². The van der Waals surface area contributed by atoms with Gasteiger partial charge in [0.25, 0.3) is 19.1 Å². The second-order valence-electron chi connectivity index (χ2n) is 12.5. The van der Waals surface area contributed by atoms with E-state index in [2.05, 4.69) is 15.0 Å². The van der Waals surface area contributed by atoms with Crippen LogP contribution in [0.2, 0.25) is 0 Å². The number of fused-ring (bicyclic) bond motifs is 1. The highest BCUT2D eigenvalue weighted by Crippen LogP contribution is 2.44. The number of aromatic hydroxyl groups is 1. The topological polar surface area (TPSA) is 235 Å². The lowest BCUT2D eigenvalue weighted by molar-refractivity contribution is 0.122. The third-order valence-electron chi connectivity index (χ3n) is 8.17. The van der Waals surface area contributed by atoms with E-state index in [1.54, 1.807) is 32.6 Å². The second kappa shape index (κ2) is 15.1. The van der Waals surface area contributed by atoms with Crippen molar-refractivity contribution in [3.8, 4) is 5.75 Å². The lowest BCUT2D eigenvalue weighted by Gasteiger charge is -2.30. The lowest BCUT2D eigenvalue weighted by atomic mass is 10.1. The summed E-state index contributed by atoms with van der Waals surface area (Å²) >= 11 is 0. The third kappa shape index (κ3) is 8.59. The van der Waals surface area contributed by atoms with Crippen LogP contribution >= 0.6 is 10.7 Å².